The molecule has 0 saturated carbocycles. The summed E-state index contributed by atoms with van der Waals surface area (Å²) in [5, 5.41) is 0.988. The number of nitrogens with zero attached hydrogens (tertiary/aromatic N) is 4. The molecule has 0 fully saturated rings. The topological polar surface area (TPSA) is 97.2 Å². The van der Waals surface area contributed by atoms with Crippen molar-refractivity contribution in [3.05, 3.63) is 96.8 Å². The predicted octanol–water partition coefficient (Wildman–Crippen LogP) is 4.24. The van der Waals surface area contributed by atoms with Crippen LogP contribution in [0.25, 0.3) is 22.0 Å². The molecule has 33 heavy (non-hydrogen) atoms. The number of allylic oxidation sites excluding steroid dienone is 1. The highest BCUT2D eigenvalue weighted by molar-refractivity contribution is 7.89. The maximum absolute atomic E-state index is 12.7. The van der Waals surface area contributed by atoms with E-state index in [1.807, 2.05) is 43.5 Å². The fourth-order valence-electron chi connectivity index (χ4n) is 4.03. The van der Waals surface area contributed by atoms with Gasteiger partial charge >= 0.3 is 0 Å². The number of benzene rings is 1. The van der Waals surface area contributed by atoms with E-state index in [9.17, 15) is 8.42 Å². The van der Waals surface area contributed by atoms with Crippen molar-refractivity contribution in [3.8, 4) is 11.1 Å². The second-order valence-corrected chi connectivity index (χ2v) is 9.76. The van der Waals surface area contributed by atoms with Gasteiger partial charge in [0.15, 0.2) is 5.03 Å². The zero-order chi connectivity index (χ0) is 22.9. The van der Waals surface area contributed by atoms with Gasteiger partial charge < -0.3 is 0 Å². The van der Waals surface area contributed by atoms with Crippen molar-refractivity contribution in [2.75, 3.05) is 0 Å². The first-order valence-corrected chi connectivity index (χ1v) is 11.9. The van der Waals surface area contributed by atoms with Crippen molar-refractivity contribution in [3.63, 3.8) is 0 Å². The zero-order valence-corrected chi connectivity index (χ0v) is 18.7. The Hall–Kier alpha value is -3.91. The van der Waals surface area contributed by atoms with E-state index in [4.69, 9.17) is 0 Å². The van der Waals surface area contributed by atoms with E-state index in [1.165, 1.54) is 12.3 Å². The molecular formula is C25H21N5O2S. The van der Waals surface area contributed by atoms with Crippen molar-refractivity contribution in [2.45, 2.75) is 23.8 Å². The van der Waals surface area contributed by atoms with Crippen LogP contribution in [-0.2, 0) is 15.4 Å². The molecule has 4 heterocycles. The van der Waals surface area contributed by atoms with Gasteiger partial charge in [0.2, 0.25) is 0 Å². The summed E-state index contributed by atoms with van der Waals surface area (Å²) >= 11 is 0. The Labute approximate surface area is 192 Å². The van der Waals surface area contributed by atoms with Gasteiger partial charge in [-0.3, -0.25) is 19.7 Å². The number of pyridine rings is 3. The first kappa shape index (κ1) is 21.0. The van der Waals surface area contributed by atoms with Crippen molar-refractivity contribution >= 4 is 27.1 Å². The van der Waals surface area contributed by atoms with Crippen molar-refractivity contribution in [1.82, 2.24) is 19.7 Å². The number of nitrogens with one attached hydrogen (secondary N) is 1. The summed E-state index contributed by atoms with van der Waals surface area (Å²) in [6.45, 7) is 2.04. The highest BCUT2D eigenvalue weighted by atomic mass is 32.2. The molecule has 0 spiro atoms. The van der Waals surface area contributed by atoms with E-state index in [-0.39, 0.29) is 5.03 Å². The van der Waals surface area contributed by atoms with Crippen LogP contribution >= 0.6 is 0 Å². The molecule has 3 aromatic heterocycles. The fraction of sp³-hybridized carbons (Fsp3) is 0.120. The molecule has 0 aliphatic carbocycles. The van der Waals surface area contributed by atoms with E-state index in [0.29, 0.717) is 12.1 Å². The molecule has 0 radical (unpaired) electrons. The Morgan fingerprint density at radius 3 is 2.58 bits per heavy atom. The summed E-state index contributed by atoms with van der Waals surface area (Å²) < 4.78 is 28.1. The third-order valence-corrected chi connectivity index (χ3v) is 7.04. The van der Waals surface area contributed by atoms with Crippen LogP contribution in [0.4, 0.5) is 0 Å². The first-order chi connectivity index (χ1) is 15.9. The van der Waals surface area contributed by atoms with Gasteiger partial charge in [0.05, 0.1) is 5.52 Å². The van der Waals surface area contributed by atoms with Crippen LogP contribution in [-0.4, -0.2) is 29.6 Å². The van der Waals surface area contributed by atoms with Crippen LogP contribution in [0.2, 0.25) is 0 Å². The number of sulfonamides is 1. The number of aromatic nitrogens is 3. The second kappa shape index (κ2) is 8.22. The molecule has 1 N–H and O–H groups in total. The normalized spacial score (nSPS) is 18.2. The quantitative estimate of drug-likeness (QED) is 0.485. The third-order valence-electron chi connectivity index (χ3n) is 5.72. The van der Waals surface area contributed by atoms with Crippen LogP contribution in [0.3, 0.4) is 0 Å². The van der Waals surface area contributed by atoms with Crippen LogP contribution < -0.4 is 4.72 Å². The average molecular weight is 456 g/mol. The molecule has 7 nitrogen and oxygen atoms in total. The van der Waals surface area contributed by atoms with E-state index < -0.39 is 15.4 Å². The van der Waals surface area contributed by atoms with Gasteiger partial charge in [0, 0.05) is 60.1 Å². The van der Waals surface area contributed by atoms with E-state index in [0.717, 1.165) is 27.6 Å². The zero-order valence-electron chi connectivity index (χ0n) is 17.9. The number of fused-ring (bicyclic) bond motifs is 1. The van der Waals surface area contributed by atoms with Gasteiger partial charge in [-0.1, -0.05) is 19.1 Å². The van der Waals surface area contributed by atoms with Crippen molar-refractivity contribution in [1.29, 1.82) is 0 Å². The lowest BCUT2D eigenvalue weighted by Crippen LogP contribution is -2.33. The molecule has 0 saturated heterocycles. The summed E-state index contributed by atoms with van der Waals surface area (Å²) in [6.07, 6.45) is 10.6. The summed E-state index contributed by atoms with van der Waals surface area (Å²) in [5.41, 5.74) is 4.02. The van der Waals surface area contributed by atoms with E-state index >= 15 is 0 Å². The minimum Gasteiger partial charge on any atom is -0.281 e. The Morgan fingerprint density at radius 1 is 0.939 bits per heavy atom. The molecule has 5 rings (SSSR count). The molecule has 0 amide bonds. The average Bonchev–Trinajstić information content (AvgIpc) is 2.84. The maximum Gasteiger partial charge on any atom is 0.279 e. The summed E-state index contributed by atoms with van der Waals surface area (Å²) in [5.74, 6) is 0. The molecule has 4 aromatic rings. The molecule has 1 unspecified atom stereocenters. The predicted molar refractivity (Wildman–Crippen MR) is 128 cm³/mol. The van der Waals surface area contributed by atoms with Gasteiger partial charge in [-0.15, -0.1) is 0 Å². The number of hydrogen-bond donors (Lipinski definition) is 1. The monoisotopic (exact) mass is 455 g/mol. The van der Waals surface area contributed by atoms with Gasteiger partial charge in [-0.05, 0) is 59.2 Å². The standard InChI is InChI=1S/C25H21N5O2S/c1-25(15-20(16-27-17-25)30-33(31,32)24-4-2-3-10-29-24)19-5-6-23-22(14-19)21(9-13-28-23)18-7-11-26-12-8-18/h2-14,16-17,30H,15H2,1H3. The molecule has 0 bridgehead atoms. The molecule has 1 aliphatic rings. The Kier molecular flexibility index (Phi) is 5.22. The molecule has 1 aromatic carbocycles. The number of hydrogen-bond acceptors (Lipinski definition) is 6. The lowest BCUT2D eigenvalue weighted by atomic mass is 9.78. The summed E-state index contributed by atoms with van der Waals surface area (Å²) in [4.78, 5) is 17.0. The van der Waals surface area contributed by atoms with Crippen molar-refractivity contribution < 1.29 is 8.42 Å². The lowest BCUT2D eigenvalue weighted by molar-refractivity contribution is 0.572. The van der Waals surface area contributed by atoms with Gasteiger partial charge in [0.25, 0.3) is 10.0 Å². The molecule has 1 atom stereocenters. The van der Waals surface area contributed by atoms with E-state index in [1.54, 1.807) is 36.9 Å². The Morgan fingerprint density at radius 2 is 1.79 bits per heavy atom. The summed E-state index contributed by atoms with van der Waals surface area (Å²) in [7, 11) is -3.79. The second-order valence-electron chi connectivity index (χ2n) is 8.13. The molecular weight excluding hydrogens is 434 g/mol. The van der Waals surface area contributed by atoms with Crippen molar-refractivity contribution in [2.24, 2.45) is 4.99 Å². The minimum absolute atomic E-state index is 0.0269. The highest BCUT2D eigenvalue weighted by Gasteiger charge is 2.30. The fourth-order valence-corrected chi connectivity index (χ4v) is 5.07. The summed E-state index contributed by atoms with van der Waals surface area (Å²) in [6, 6.07) is 16.8. The molecule has 164 valence electrons. The van der Waals surface area contributed by atoms with Crippen LogP contribution in [0.15, 0.2) is 101 Å². The van der Waals surface area contributed by atoms with Crippen LogP contribution in [0.5, 0.6) is 0 Å². The molecule has 8 heteroatoms. The largest absolute Gasteiger partial charge is 0.281 e. The van der Waals surface area contributed by atoms with Gasteiger partial charge in [-0.2, -0.15) is 8.42 Å². The number of rotatable bonds is 5. The minimum atomic E-state index is -3.79. The van der Waals surface area contributed by atoms with Gasteiger partial charge in [-0.25, -0.2) is 4.98 Å². The first-order valence-electron chi connectivity index (χ1n) is 10.4. The van der Waals surface area contributed by atoms with Gasteiger partial charge in [0.1, 0.15) is 0 Å². The smallest absolute Gasteiger partial charge is 0.279 e. The molecule has 1 aliphatic heterocycles. The Bertz CT molecular complexity index is 1490. The maximum atomic E-state index is 12.7. The lowest BCUT2D eigenvalue weighted by Gasteiger charge is -2.30. The SMILES string of the molecule is CC1(c2ccc3nccc(-c4ccncc4)c3c2)C=NC=C(NS(=O)(=O)c2ccccn2)C1. The highest BCUT2D eigenvalue weighted by Crippen LogP contribution is 2.35. The third kappa shape index (κ3) is 4.12. The van der Waals surface area contributed by atoms with Crippen LogP contribution in [0, 0.1) is 0 Å². The van der Waals surface area contributed by atoms with Crippen LogP contribution in [0.1, 0.15) is 18.9 Å². The Balaban J connectivity index is 1.49. The van der Waals surface area contributed by atoms with E-state index in [2.05, 4.69) is 30.7 Å². The number of aliphatic imine (C=N–C) groups is 1.